The number of fused-ring (bicyclic) bond motifs is 1. The number of amides is 1. The molecule has 0 fully saturated rings. The van der Waals surface area contributed by atoms with Crippen LogP contribution in [0.4, 0.5) is 5.69 Å². The van der Waals surface area contributed by atoms with Crippen LogP contribution in [-0.2, 0) is 11.2 Å². The van der Waals surface area contributed by atoms with E-state index in [1.807, 2.05) is 13.0 Å². The van der Waals surface area contributed by atoms with Crippen molar-refractivity contribution in [2.45, 2.75) is 13.3 Å². The minimum Gasteiger partial charge on any atom is -0.324 e. The number of allylic oxidation sites excluding steroid dienone is 1. The Labute approximate surface area is 76.5 Å². The van der Waals surface area contributed by atoms with E-state index in [4.69, 9.17) is 0 Å². The summed E-state index contributed by atoms with van der Waals surface area (Å²) in [6, 6.07) is 1.91. The molecule has 3 nitrogen and oxygen atoms in total. The summed E-state index contributed by atoms with van der Waals surface area (Å²) in [6.45, 7) is 5.70. The molecule has 3 heteroatoms. The number of nitrogens with one attached hydrogen (secondary N) is 1. The molecule has 13 heavy (non-hydrogen) atoms. The fourth-order valence-electron chi connectivity index (χ4n) is 1.36. The van der Waals surface area contributed by atoms with Gasteiger partial charge in [-0.25, -0.2) is 0 Å². The minimum atomic E-state index is 0.0377. The second kappa shape index (κ2) is 2.69. The predicted octanol–water partition coefficient (Wildman–Crippen LogP) is 1.61. The Kier molecular flexibility index (Phi) is 1.65. The molecule has 1 aliphatic rings. The highest BCUT2D eigenvalue weighted by molar-refractivity contribution is 5.99. The third-order valence-corrected chi connectivity index (χ3v) is 2.05. The Balaban J connectivity index is 2.45. The molecule has 1 aromatic rings. The molecule has 2 rings (SSSR count). The zero-order valence-corrected chi connectivity index (χ0v) is 7.42. The van der Waals surface area contributed by atoms with E-state index in [1.165, 1.54) is 0 Å². The fraction of sp³-hybridized carbons (Fsp3) is 0.200. The first-order valence-corrected chi connectivity index (χ1v) is 4.11. The molecule has 0 spiro atoms. The fourth-order valence-corrected chi connectivity index (χ4v) is 1.36. The largest absolute Gasteiger partial charge is 0.324 e. The Morgan fingerprint density at radius 3 is 3.15 bits per heavy atom. The van der Waals surface area contributed by atoms with E-state index in [0.717, 1.165) is 22.5 Å². The maximum Gasteiger partial charge on any atom is 0.228 e. The number of aromatic nitrogens is 1. The number of hydrogen-bond donors (Lipinski definition) is 1. The lowest BCUT2D eigenvalue weighted by Gasteiger charge is -2.01. The molecule has 0 saturated heterocycles. The van der Waals surface area contributed by atoms with Crippen molar-refractivity contribution in [3.05, 3.63) is 30.1 Å². The average Bonchev–Trinajstić information content (AvgIpc) is 2.42. The highest BCUT2D eigenvalue weighted by Crippen LogP contribution is 2.23. The third-order valence-electron chi connectivity index (χ3n) is 2.05. The summed E-state index contributed by atoms with van der Waals surface area (Å²) in [5, 5.41) is 2.73. The Morgan fingerprint density at radius 2 is 2.46 bits per heavy atom. The lowest BCUT2D eigenvalue weighted by atomic mass is 10.1. The van der Waals surface area contributed by atoms with Gasteiger partial charge in [-0.05, 0) is 24.1 Å². The maximum absolute atomic E-state index is 11.0. The molecule has 1 N–H and O–H groups in total. The molecule has 66 valence electrons. The number of carbonyl (C=O) groups is 1. The minimum absolute atomic E-state index is 0.0377. The maximum atomic E-state index is 11.0. The van der Waals surface area contributed by atoms with Crippen molar-refractivity contribution in [3.8, 4) is 0 Å². The molecule has 0 atom stereocenters. The molecule has 0 bridgehead atoms. The van der Waals surface area contributed by atoms with Gasteiger partial charge in [-0.2, -0.15) is 0 Å². The molecule has 1 amide bonds. The van der Waals surface area contributed by atoms with Crippen molar-refractivity contribution in [2.75, 3.05) is 5.32 Å². The van der Waals surface area contributed by atoms with Crippen LogP contribution in [0, 0.1) is 0 Å². The van der Waals surface area contributed by atoms with Gasteiger partial charge < -0.3 is 5.32 Å². The van der Waals surface area contributed by atoms with E-state index >= 15 is 0 Å². The Bertz CT molecular complexity index is 396. The molecular formula is C10H10N2O. The van der Waals surface area contributed by atoms with Gasteiger partial charge in [-0.3, -0.25) is 9.78 Å². The molecule has 1 aromatic heterocycles. The van der Waals surface area contributed by atoms with Gasteiger partial charge in [0.25, 0.3) is 0 Å². The molecule has 0 unspecified atom stereocenters. The van der Waals surface area contributed by atoms with Crippen LogP contribution in [0.5, 0.6) is 0 Å². The predicted molar refractivity (Wildman–Crippen MR) is 51.3 cm³/mol. The van der Waals surface area contributed by atoms with E-state index in [2.05, 4.69) is 16.9 Å². The van der Waals surface area contributed by atoms with Crippen molar-refractivity contribution < 1.29 is 4.79 Å². The van der Waals surface area contributed by atoms with Crippen LogP contribution in [0.1, 0.15) is 18.2 Å². The van der Waals surface area contributed by atoms with Crippen LogP contribution < -0.4 is 5.32 Å². The van der Waals surface area contributed by atoms with E-state index in [9.17, 15) is 4.79 Å². The standard InChI is InChI=1S/C10H10N2O/c1-6(2)8-3-7-4-10(13)12-9(7)5-11-8/h3,5H,1,4H2,2H3,(H,12,13). The van der Waals surface area contributed by atoms with Crippen LogP contribution in [-0.4, -0.2) is 10.9 Å². The molecular weight excluding hydrogens is 164 g/mol. The van der Waals surface area contributed by atoms with Crippen LogP contribution >= 0.6 is 0 Å². The van der Waals surface area contributed by atoms with Gasteiger partial charge in [0.2, 0.25) is 5.91 Å². The summed E-state index contributed by atoms with van der Waals surface area (Å²) < 4.78 is 0. The van der Waals surface area contributed by atoms with Gasteiger partial charge in [0.15, 0.2) is 0 Å². The first-order valence-electron chi connectivity index (χ1n) is 4.11. The van der Waals surface area contributed by atoms with Gasteiger partial charge in [-0.15, -0.1) is 0 Å². The molecule has 2 heterocycles. The lowest BCUT2D eigenvalue weighted by molar-refractivity contribution is -0.115. The summed E-state index contributed by atoms with van der Waals surface area (Å²) in [5.74, 6) is 0.0377. The van der Waals surface area contributed by atoms with Gasteiger partial charge in [-0.1, -0.05) is 6.58 Å². The number of hydrogen-bond acceptors (Lipinski definition) is 2. The molecule has 0 radical (unpaired) electrons. The summed E-state index contributed by atoms with van der Waals surface area (Å²) >= 11 is 0. The normalized spacial score (nSPS) is 13.8. The molecule has 0 aromatic carbocycles. The average molecular weight is 174 g/mol. The van der Waals surface area contributed by atoms with Gasteiger partial charge >= 0.3 is 0 Å². The quantitative estimate of drug-likeness (QED) is 0.702. The van der Waals surface area contributed by atoms with Crippen molar-refractivity contribution in [3.63, 3.8) is 0 Å². The number of nitrogens with zero attached hydrogens (tertiary/aromatic N) is 1. The molecule has 0 saturated carbocycles. The van der Waals surface area contributed by atoms with Crippen molar-refractivity contribution >= 4 is 17.2 Å². The first-order chi connectivity index (χ1) is 6.16. The Morgan fingerprint density at radius 1 is 1.69 bits per heavy atom. The topological polar surface area (TPSA) is 42.0 Å². The monoisotopic (exact) mass is 174 g/mol. The highest BCUT2D eigenvalue weighted by Gasteiger charge is 2.17. The summed E-state index contributed by atoms with van der Waals surface area (Å²) in [6.07, 6.45) is 2.14. The number of pyridine rings is 1. The van der Waals surface area contributed by atoms with Gasteiger partial charge in [0.1, 0.15) is 0 Å². The van der Waals surface area contributed by atoms with E-state index in [-0.39, 0.29) is 5.91 Å². The highest BCUT2D eigenvalue weighted by atomic mass is 16.1. The second-order valence-electron chi connectivity index (χ2n) is 3.23. The van der Waals surface area contributed by atoms with Crippen LogP contribution in [0.25, 0.3) is 5.57 Å². The van der Waals surface area contributed by atoms with Crippen LogP contribution in [0.2, 0.25) is 0 Å². The summed E-state index contributed by atoms with van der Waals surface area (Å²) in [4.78, 5) is 15.2. The Hall–Kier alpha value is -1.64. The summed E-state index contributed by atoms with van der Waals surface area (Å²) in [7, 11) is 0. The number of anilines is 1. The SMILES string of the molecule is C=C(C)c1cc2c(cn1)NC(=O)C2. The molecule has 0 aliphatic carbocycles. The number of carbonyl (C=O) groups excluding carboxylic acids is 1. The van der Waals surface area contributed by atoms with Crippen LogP contribution in [0.3, 0.4) is 0 Å². The zero-order valence-electron chi connectivity index (χ0n) is 7.42. The van der Waals surface area contributed by atoms with Crippen molar-refractivity contribution in [1.29, 1.82) is 0 Å². The molecule has 1 aliphatic heterocycles. The van der Waals surface area contributed by atoms with Gasteiger partial charge in [0, 0.05) is 0 Å². The van der Waals surface area contributed by atoms with E-state index in [0.29, 0.717) is 6.42 Å². The van der Waals surface area contributed by atoms with Crippen molar-refractivity contribution in [1.82, 2.24) is 4.98 Å². The summed E-state index contributed by atoms with van der Waals surface area (Å²) in [5.41, 5.74) is 3.62. The van der Waals surface area contributed by atoms with Crippen molar-refractivity contribution in [2.24, 2.45) is 0 Å². The second-order valence-corrected chi connectivity index (χ2v) is 3.23. The first kappa shape index (κ1) is 7.98. The smallest absolute Gasteiger partial charge is 0.228 e. The third kappa shape index (κ3) is 1.33. The van der Waals surface area contributed by atoms with E-state index in [1.54, 1.807) is 6.20 Å². The van der Waals surface area contributed by atoms with Crippen LogP contribution in [0.15, 0.2) is 18.8 Å². The number of rotatable bonds is 1. The zero-order chi connectivity index (χ0) is 9.42. The van der Waals surface area contributed by atoms with Gasteiger partial charge in [0.05, 0.1) is 24.0 Å². The lowest BCUT2D eigenvalue weighted by Crippen LogP contribution is -2.03. The van der Waals surface area contributed by atoms with E-state index < -0.39 is 0 Å².